The Hall–Kier alpha value is -4.89. The maximum absolute atomic E-state index is 5.50. The lowest BCUT2D eigenvalue weighted by molar-refractivity contribution is 0.456. The molecule has 0 fully saturated rings. The van der Waals surface area contributed by atoms with Crippen LogP contribution in [0.3, 0.4) is 0 Å². The second-order valence-electron chi connectivity index (χ2n) is 11.5. The first-order valence-corrected chi connectivity index (χ1v) is 14.4. The van der Waals surface area contributed by atoms with Crippen molar-refractivity contribution in [3.05, 3.63) is 162 Å². The molecular weight excluding hydrogens is 498 g/mol. The summed E-state index contributed by atoms with van der Waals surface area (Å²) in [6.45, 7) is 2.38. The quantitative estimate of drug-likeness (QED) is 0.266. The summed E-state index contributed by atoms with van der Waals surface area (Å²) in [6.07, 6.45) is 13.3. The highest BCUT2D eigenvalue weighted by atomic mass is 15.3. The average Bonchev–Trinajstić information content (AvgIpc) is 3.29. The van der Waals surface area contributed by atoms with Crippen molar-refractivity contribution in [2.24, 2.45) is 4.99 Å². The molecule has 4 aromatic carbocycles. The topological polar surface area (TPSA) is 18.8 Å². The van der Waals surface area contributed by atoms with E-state index in [1.165, 1.54) is 39.1 Å². The first-order chi connectivity index (χ1) is 20.1. The normalized spacial score (nSPS) is 23.6. The van der Waals surface area contributed by atoms with E-state index in [0.717, 1.165) is 17.2 Å². The van der Waals surface area contributed by atoms with Gasteiger partial charge in [0.2, 0.25) is 0 Å². The molecule has 198 valence electrons. The molecule has 2 aliphatic carbocycles. The number of fused-ring (bicyclic) bond motifs is 6. The number of benzene rings is 4. The molecule has 0 spiro atoms. The maximum Gasteiger partial charge on any atom is 0.158 e. The van der Waals surface area contributed by atoms with Gasteiger partial charge in [-0.1, -0.05) is 127 Å². The number of nitrogens with zero attached hydrogens (tertiary/aromatic N) is 3. The summed E-state index contributed by atoms with van der Waals surface area (Å²) >= 11 is 0. The van der Waals surface area contributed by atoms with E-state index in [1.54, 1.807) is 0 Å². The molecule has 0 saturated heterocycles. The van der Waals surface area contributed by atoms with Crippen LogP contribution >= 0.6 is 0 Å². The summed E-state index contributed by atoms with van der Waals surface area (Å²) in [5.74, 6) is 1.17. The van der Waals surface area contributed by atoms with Gasteiger partial charge < -0.3 is 9.80 Å². The van der Waals surface area contributed by atoms with Gasteiger partial charge in [-0.25, -0.2) is 4.99 Å². The lowest BCUT2D eigenvalue weighted by Gasteiger charge is -2.45. The van der Waals surface area contributed by atoms with Gasteiger partial charge in [-0.05, 0) is 46.9 Å². The molecule has 0 aromatic heterocycles. The van der Waals surface area contributed by atoms with E-state index < -0.39 is 0 Å². The number of aliphatic imine (C=N–C) groups is 1. The van der Waals surface area contributed by atoms with Gasteiger partial charge in [0.05, 0.1) is 23.0 Å². The fourth-order valence-corrected chi connectivity index (χ4v) is 7.18. The molecule has 2 heterocycles. The van der Waals surface area contributed by atoms with Crippen molar-refractivity contribution in [2.45, 2.75) is 24.4 Å². The van der Waals surface area contributed by atoms with Crippen LogP contribution in [0.1, 0.15) is 35.1 Å². The highest BCUT2D eigenvalue weighted by Crippen LogP contribution is 2.57. The summed E-state index contributed by atoms with van der Waals surface area (Å²) in [4.78, 5) is 10.4. The number of hydrogen-bond donors (Lipinski definition) is 0. The van der Waals surface area contributed by atoms with Crippen molar-refractivity contribution in [3.8, 4) is 11.1 Å². The number of rotatable bonds is 3. The molecule has 3 nitrogen and oxygen atoms in total. The minimum Gasteiger partial charge on any atom is -0.359 e. The summed E-state index contributed by atoms with van der Waals surface area (Å²) in [5.41, 5.74) is 10.7. The SMILES string of the molecule is CN1C(c2ccccc2)=C(N2c3cc(-c4ccccc4)ccc3C3c4ccccc4C=CC32C)N=C2C=CC=CC21. The summed E-state index contributed by atoms with van der Waals surface area (Å²) < 4.78 is 0. The molecule has 0 amide bonds. The molecule has 3 atom stereocenters. The van der Waals surface area contributed by atoms with Crippen LogP contribution in [0.15, 0.2) is 144 Å². The average molecular weight is 530 g/mol. The molecule has 8 rings (SSSR count). The van der Waals surface area contributed by atoms with E-state index in [2.05, 4.69) is 163 Å². The van der Waals surface area contributed by atoms with Gasteiger partial charge in [0.25, 0.3) is 0 Å². The number of allylic oxidation sites excluding steroid dienone is 2. The molecule has 0 radical (unpaired) electrons. The summed E-state index contributed by atoms with van der Waals surface area (Å²) in [6, 6.07) is 37.4. The molecule has 0 N–H and O–H groups in total. The minimum atomic E-state index is -0.340. The van der Waals surface area contributed by atoms with Crippen molar-refractivity contribution in [1.29, 1.82) is 0 Å². The fourth-order valence-electron chi connectivity index (χ4n) is 7.18. The highest BCUT2D eigenvalue weighted by Gasteiger charge is 2.52. The Morgan fingerprint density at radius 2 is 1.44 bits per heavy atom. The van der Waals surface area contributed by atoms with Gasteiger partial charge in [-0.15, -0.1) is 0 Å². The van der Waals surface area contributed by atoms with Crippen LogP contribution in [0.2, 0.25) is 0 Å². The van der Waals surface area contributed by atoms with Crippen molar-refractivity contribution in [1.82, 2.24) is 4.90 Å². The summed E-state index contributed by atoms with van der Waals surface area (Å²) in [5, 5.41) is 0. The van der Waals surface area contributed by atoms with Crippen molar-refractivity contribution >= 4 is 23.2 Å². The Kier molecular flexibility index (Phi) is 5.30. The fraction of sp³-hybridized carbons (Fsp3) is 0.132. The number of likely N-dealkylation sites (N-methyl/N-ethyl adjacent to an activating group) is 1. The van der Waals surface area contributed by atoms with Gasteiger partial charge in [0, 0.05) is 24.2 Å². The summed E-state index contributed by atoms with van der Waals surface area (Å²) in [7, 11) is 2.20. The zero-order valence-corrected chi connectivity index (χ0v) is 23.3. The second kappa shape index (κ2) is 9.07. The predicted octanol–water partition coefficient (Wildman–Crippen LogP) is 8.30. The first-order valence-electron chi connectivity index (χ1n) is 14.4. The molecule has 3 heteroatoms. The maximum atomic E-state index is 5.50. The van der Waals surface area contributed by atoms with Gasteiger partial charge in [-0.2, -0.15) is 0 Å². The standard InChI is InChI=1S/C38H31N3/c1-38-24-23-27-15-9-10-18-30(27)35(38)31-22-21-29(26-13-5-3-6-14-26)25-34(31)41(38)37-36(28-16-7-4-8-17-28)40(2)33-20-12-11-19-32(33)39-37/h3-25,33,35H,1-2H3. The van der Waals surface area contributed by atoms with Crippen LogP contribution in [0.25, 0.3) is 22.9 Å². The predicted molar refractivity (Wildman–Crippen MR) is 171 cm³/mol. The van der Waals surface area contributed by atoms with Crippen molar-refractivity contribution in [2.75, 3.05) is 11.9 Å². The Bertz CT molecular complexity index is 1830. The molecule has 2 aliphatic heterocycles. The molecular formula is C38H31N3. The molecule has 4 aromatic rings. The van der Waals surface area contributed by atoms with E-state index in [4.69, 9.17) is 4.99 Å². The minimum absolute atomic E-state index is 0.0999. The van der Waals surface area contributed by atoms with Crippen LogP contribution in [-0.2, 0) is 0 Å². The first kappa shape index (κ1) is 24.0. The lowest BCUT2D eigenvalue weighted by Crippen LogP contribution is -2.49. The molecule has 4 aliphatic rings. The van der Waals surface area contributed by atoms with Crippen LogP contribution in [-0.4, -0.2) is 29.2 Å². The van der Waals surface area contributed by atoms with E-state index >= 15 is 0 Å². The Morgan fingerprint density at radius 1 is 0.707 bits per heavy atom. The van der Waals surface area contributed by atoms with E-state index in [9.17, 15) is 0 Å². The highest BCUT2D eigenvalue weighted by molar-refractivity contribution is 6.05. The molecule has 3 unspecified atom stereocenters. The van der Waals surface area contributed by atoms with Crippen LogP contribution in [0.5, 0.6) is 0 Å². The Labute approximate surface area is 241 Å². The van der Waals surface area contributed by atoms with Gasteiger partial charge in [0.1, 0.15) is 0 Å². The number of anilines is 1. The molecule has 0 bridgehead atoms. The third-order valence-electron chi connectivity index (χ3n) is 9.11. The zero-order valence-electron chi connectivity index (χ0n) is 23.3. The van der Waals surface area contributed by atoms with Crippen molar-refractivity contribution < 1.29 is 0 Å². The monoisotopic (exact) mass is 529 g/mol. The van der Waals surface area contributed by atoms with Crippen molar-refractivity contribution in [3.63, 3.8) is 0 Å². The third-order valence-corrected chi connectivity index (χ3v) is 9.11. The van der Waals surface area contributed by atoms with Crippen LogP contribution in [0.4, 0.5) is 5.69 Å². The van der Waals surface area contributed by atoms with E-state index in [0.29, 0.717) is 0 Å². The zero-order chi connectivity index (χ0) is 27.6. The van der Waals surface area contributed by atoms with E-state index in [-0.39, 0.29) is 17.5 Å². The van der Waals surface area contributed by atoms with Crippen LogP contribution in [0, 0.1) is 0 Å². The number of hydrogen-bond acceptors (Lipinski definition) is 3. The Morgan fingerprint density at radius 3 is 2.24 bits per heavy atom. The van der Waals surface area contributed by atoms with Gasteiger partial charge >= 0.3 is 0 Å². The smallest absolute Gasteiger partial charge is 0.158 e. The van der Waals surface area contributed by atoms with E-state index in [1.807, 2.05) is 0 Å². The van der Waals surface area contributed by atoms with Gasteiger partial charge in [0.15, 0.2) is 5.82 Å². The molecule has 0 saturated carbocycles. The lowest BCUT2D eigenvalue weighted by atomic mass is 9.73. The second-order valence-corrected chi connectivity index (χ2v) is 11.5. The van der Waals surface area contributed by atoms with Gasteiger partial charge in [-0.3, -0.25) is 0 Å². The molecule has 41 heavy (non-hydrogen) atoms. The third kappa shape index (κ3) is 3.55. The Balaban J connectivity index is 1.43. The van der Waals surface area contributed by atoms with Crippen LogP contribution < -0.4 is 4.90 Å². The largest absolute Gasteiger partial charge is 0.359 e.